The highest BCUT2D eigenvalue weighted by molar-refractivity contribution is 5.76. The molecule has 13 heavy (non-hydrogen) atoms. The molecule has 0 aliphatic carbocycles. The van der Waals surface area contributed by atoms with E-state index >= 15 is 0 Å². The van der Waals surface area contributed by atoms with E-state index in [1.54, 1.807) is 4.90 Å². The number of β-amino-alcohol motifs (C(OH)–C–C–N with tert-alkyl or cyclic N) is 1. The fourth-order valence-electron chi connectivity index (χ4n) is 1.49. The highest BCUT2D eigenvalue weighted by Gasteiger charge is 2.21. The van der Waals surface area contributed by atoms with Gasteiger partial charge in [0.25, 0.3) is 0 Å². The highest BCUT2D eigenvalue weighted by atomic mass is 16.3. The fourth-order valence-corrected chi connectivity index (χ4v) is 1.49. The van der Waals surface area contributed by atoms with Gasteiger partial charge in [-0.1, -0.05) is 13.8 Å². The molecule has 1 aliphatic rings. The molecule has 1 atom stereocenters. The molecule has 1 aliphatic heterocycles. The van der Waals surface area contributed by atoms with E-state index < -0.39 is 0 Å². The number of rotatable bonds is 3. The molecule has 3 nitrogen and oxygen atoms in total. The van der Waals surface area contributed by atoms with Crippen molar-refractivity contribution in [3.05, 3.63) is 0 Å². The predicted molar refractivity (Wildman–Crippen MR) is 51.3 cm³/mol. The smallest absolute Gasteiger partial charge is 0.222 e. The summed E-state index contributed by atoms with van der Waals surface area (Å²) in [6.07, 6.45) is 2.37. The third-order valence-electron chi connectivity index (χ3n) is 2.60. The van der Waals surface area contributed by atoms with Crippen LogP contribution in [-0.4, -0.2) is 35.1 Å². The van der Waals surface area contributed by atoms with Crippen LogP contribution in [0.5, 0.6) is 0 Å². The van der Waals surface area contributed by atoms with Crippen molar-refractivity contribution in [2.45, 2.75) is 39.2 Å². The number of carbonyl (C=O) groups is 1. The van der Waals surface area contributed by atoms with Crippen LogP contribution in [0.1, 0.15) is 33.1 Å². The van der Waals surface area contributed by atoms with Crippen LogP contribution in [0, 0.1) is 5.92 Å². The Morgan fingerprint density at radius 2 is 2.15 bits per heavy atom. The summed E-state index contributed by atoms with van der Waals surface area (Å²) in [7, 11) is 0. The number of hydrogen-bond acceptors (Lipinski definition) is 2. The number of aliphatic hydroxyl groups excluding tert-OH is 1. The Morgan fingerprint density at radius 3 is 2.69 bits per heavy atom. The van der Waals surface area contributed by atoms with Crippen LogP contribution in [0.4, 0.5) is 0 Å². The van der Waals surface area contributed by atoms with Gasteiger partial charge in [-0.05, 0) is 18.8 Å². The van der Waals surface area contributed by atoms with E-state index in [0.717, 1.165) is 19.4 Å². The normalized spacial score (nSPS) is 20.9. The summed E-state index contributed by atoms with van der Waals surface area (Å²) in [6.45, 7) is 5.28. The van der Waals surface area contributed by atoms with Crippen LogP contribution in [0.25, 0.3) is 0 Å². The predicted octanol–water partition coefficient (Wildman–Crippen LogP) is 1.02. The first-order chi connectivity index (χ1) is 6.11. The van der Waals surface area contributed by atoms with Crippen molar-refractivity contribution in [2.75, 3.05) is 13.1 Å². The summed E-state index contributed by atoms with van der Waals surface area (Å²) in [5.74, 6) is 0.431. The maximum Gasteiger partial charge on any atom is 0.222 e. The van der Waals surface area contributed by atoms with Gasteiger partial charge in [0, 0.05) is 19.5 Å². The van der Waals surface area contributed by atoms with Crippen molar-refractivity contribution >= 4 is 5.91 Å². The minimum atomic E-state index is -0.373. The number of nitrogens with zero attached hydrogens (tertiary/aromatic N) is 1. The van der Waals surface area contributed by atoms with Crippen molar-refractivity contribution in [3.63, 3.8) is 0 Å². The molecule has 76 valence electrons. The molecule has 0 aromatic heterocycles. The molecule has 1 heterocycles. The van der Waals surface area contributed by atoms with E-state index in [4.69, 9.17) is 0 Å². The molecule has 3 heteroatoms. The van der Waals surface area contributed by atoms with Gasteiger partial charge >= 0.3 is 0 Å². The number of hydrogen-bond donors (Lipinski definition) is 1. The second-order valence-electron chi connectivity index (χ2n) is 4.11. The minimum absolute atomic E-state index is 0.200. The molecular formula is C10H19NO2. The monoisotopic (exact) mass is 185 g/mol. The summed E-state index contributed by atoms with van der Waals surface area (Å²) in [4.78, 5) is 13.2. The molecule has 1 unspecified atom stereocenters. The van der Waals surface area contributed by atoms with Crippen LogP contribution in [0.15, 0.2) is 0 Å². The fraction of sp³-hybridized carbons (Fsp3) is 0.900. The van der Waals surface area contributed by atoms with Gasteiger partial charge in [-0.15, -0.1) is 0 Å². The van der Waals surface area contributed by atoms with E-state index in [9.17, 15) is 9.90 Å². The Labute approximate surface area is 79.7 Å². The first-order valence-electron chi connectivity index (χ1n) is 5.07. The molecule has 1 rings (SSSR count). The Bertz CT molecular complexity index is 180. The standard InChI is InChI=1S/C10H19NO2/c1-8(2)9(12)7-11-6-4-3-5-10(11)13/h8-9,12H,3-7H2,1-2H3. The lowest BCUT2D eigenvalue weighted by molar-refractivity contribution is -0.135. The highest BCUT2D eigenvalue weighted by Crippen LogP contribution is 2.12. The average molecular weight is 185 g/mol. The second kappa shape index (κ2) is 4.61. The van der Waals surface area contributed by atoms with Crippen molar-refractivity contribution in [2.24, 2.45) is 5.92 Å². The molecule has 1 fully saturated rings. The van der Waals surface area contributed by atoms with Gasteiger partial charge in [-0.3, -0.25) is 4.79 Å². The Morgan fingerprint density at radius 1 is 1.46 bits per heavy atom. The summed E-state index contributed by atoms with van der Waals surface area (Å²) in [6, 6.07) is 0. The lowest BCUT2D eigenvalue weighted by Gasteiger charge is -2.29. The van der Waals surface area contributed by atoms with E-state index in [-0.39, 0.29) is 17.9 Å². The lowest BCUT2D eigenvalue weighted by atomic mass is 10.0. The van der Waals surface area contributed by atoms with E-state index in [1.165, 1.54) is 0 Å². The van der Waals surface area contributed by atoms with Crippen molar-refractivity contribution in [3.8, 4) is 0 Å². The summed E-state index contributed by atoms with van der Waals surface area (Å²) >= 11 is 0. The zero-order valence-corrected chi connectivity index (χ0v) is 8.49. The van der Waals surface area contributed by atoms with Gasteiger partial charge in [0.05, 0.1) is 6.10 Å². The van der Waals surface area contributed by atoms with Crippen molar-refractivity contribution < 1.29 is 9.90 Å². The van der Waals surface area contributed by atoms with Crippen LogP contribution in [0.2, 0.25) is 0 Å². The molecule has 0 spiro atoms. The van der Waals surface area contributed by atoms with E-state index in [2.05, 4.69) is 0 Å². The van der Waals surface area contributed by atoms with E-state index in [0.29, 0.717) is 13.0 Å². The quantitative estimate of drug-likeness (QED) is 0.713. The third kappa shape index (κ3) is 2.99. The maximum atomic E-state index is 11.4. The van der Waals surface area contributed by atoms with Gasteiger partial charge in [0.2, 0.25) is 5.91 Å². The molecule has 0 bridgehead atoms. The largest absolute Gasteiger partial charge is 0.391 e. The summed E-state index contributed by atoms with van der Waals surface area (Å²) in [5.41, 5.74) is 0. The van der Waals surface area contributed by atoms with Gasteiger partial charge in [0.15, 0.2) is 0 Å². The Kier molecular flexibility index (Phi) is 3.72. The first kappa shape index (κ1) is 10.5. The lowest BCUT2D eigenvalue weighted by Crippen LogP contribution is -2.41. The Balaban J connectivity index is 2.38. The van der Waals surface area contributed by atoms with Crippen molar-refractivity contribution in [1.82, 2.24) is 4.90 Å². The Hall–Kier alpha value is -0.570. The molecule has 0 aromatic rings. The topological polar surface area (TPSA) is 40.5 Å². The molecule has 1 N–H and O–H groups in total. The number of likely N-dealkylation sites (tertiary alicyclic amines) is 1. The second-order valence-corrected chi connectivity index (χ2v) is 4.11. The third-order valence-corrected chi connectivity index (χ3v) is 2.60. The molecule has 0 saturated carbocycles. The summed E-state index contributed by atoms with van der Waals surface area (Å²) < 4.78 is 0. The molecule has 0 radical (unpaired) electrons. The minimum Gasteiger partial charge on any atom is -0.391 e. The number of piperidine rings is 1. The van der Waals surface area contributed by atoms with Crippen LogP contribution < -0.4 is 0 Å². The van der Waals surface area contributed by atoms with Gasteiger partial charge in [-0.2, -0.15) is 0 Å². The van der Waals surface area contributed by atoms with Crippen LogP contribution >= 0.6 is 0 Å². The van der Waals surface area contributed by atoms with Gasteiger partial charge in [-0.25, -0.2) is 0 Å². The van der Waals surface area contributed by atoms with E-state index in [1.807, 2.05) is 13.8 Å². The molecule has 0 aromatic carbocycles. The SMILES string of the molecule is CC(C)C(O)CN1CCCCC1=O. The number of carbonyl (C=O) groups excluding carboxylic acids is 1. The number of amides is 1. The molecular weight excluding hydrogens is 166 g/mol. The zero-order chi connectivity index (χ0) is 9.84. The first-order valence-corrected chi connectivity index (χ1v) is 5.07. The van der Waals surface area contributed by atoms with Crippen LogP contribution in [-0.2, 0) is 4.79 Å². The molecule has 1 saturated heterocycles. The van der Waals surface area contributed by atoms with Gasteiger partial charge in [0.1, 0.15) is 0 Å². The van der Waals surface area contributed by atoms with Crippen LogP contribution in [0.3, 0.4) is 0 Å². The average Bonchev–Trinajstić information content (AvgIpc) is 2.08. The van der Waals surface area contributed by atoms with Crippen molar-refractivity contribution in [1.29, 1.82) is 0 Å². The van der Waals surface area contributed by atoms with Gasteiger partial charge < -0.3 is 10.0 Å². The zero-order valence-electron chi connectivity index (χ0n) is 8.49. The maximum absolute atomic E-state index is 11.4. The number of aliphatic hydroxyl groups is 1. The summed E-state index contributed by atoms with van der Waals surface area (Å²) in [5, 5.41) is 9.60. The molecule has 1 amide bonds.